The van der Waals surface area contributed by atoms with Crippen LogP contribution >= 0.6 is 0 Å². The number of piperazine rings is 1. The van der Waals surface area contributed by atoms with Crippen LogP contribution in [-0.4, -0.2) is 47.8 Å². The summed E-state index contributed by atoms with van der Waals surface area (Å²) < 4.78 is 26.8. The van der Waals surface area contributed by atoms with Gasteiger partial charge in [-0.25, -0.2) is 8.78 Å². The first-order valence-corrected chi connectivity index (χ1v) is 7.24. The van der Waals surface area contributed by atoms with E-state index in [1.807, 2.05) is 20.8 Å². The third-order valence-corrected chi connectivity index (χ3v) is 3.65. The average molecular weight is 310 g/mol. The molecular weight excluding hydrogens is 290 g/mol. The zero-order valence-corrected chi connectivity index (χ0v) is 13.0. The summed E-state index contributed by atoms with van der Waals surface area (Å²) in [6.45, 7) is 6.96. The fourth-order valence-electron chi connectivity index (χ4n) is 2.42. The van der Waals surface area contributed by atoms with Crippen molar-refractivity contribution in [1.82, 2.24) is 9.80 Å². The highest BCUT2D eigenvalue weighted by Crippen LogP contribution is 2.20. The van der Waals surface area contributed by atoms with Crippen molar-refractivity contribution in [1.29, 1.82) is 0 Å². The van der Waals surface area contributed by atoms with E-state index in [2.05, 4.69) is 0 Å². The monoisotopic (exact) mass is 310 g/mol. The minimum atomic E-state index is -0.736. The van der Waals surface area contributed by atoms with Crippen molar-refractivity contribution in [2.45, 2.75) is 20.8 Å². The van der Waals surface area contributed by atoms with Crippen molar-refractivity contribution in [3.05, 3.63) is 35.4 Å². The van der Waals surface area contributed by atoms with E-state index in [-0.39, 0.29) is 11.5 Å². The Hall–Kier alpha value is -1.98. The van der Waals surface area contributed by atoms with Crippen LogP contribution in [0.1, 0.15) is 31.1 Å². The van der Waals surface area contributed by atoms with Crippen molar-refractivity contribution in [3.63, 3.8) is 0 Å². The summed E-state index contributed by atoms with van der Waals surface area (Å²) in [4.78, 5) is 27.6. The van der Waals surface area contributed by atoms with E-state index in [1.165, 1.54) is 4.90 Å². The lowest BCUT2D eigenvalue weighted by Gasteiger charge is -2.37. The fourth-order valence-corrected chi connectivity index (χ4v) is 2.42. The van der Waals surface area contributed by atoms with Gasteiger partial charge < -0.3 is 9.80 Å². The maximum Gasteiger partial charge on any atom is 0.257 e. The molecule has 4 nitrogen and oxygen atoms in total. The van der Waals surface area contributed by atoms with Crippen LogP contribution in [0, 0.1) is 17.0 Å². The maximum atomic E-state index is 13.7. The molecule has 1 aromatic rings. The van der Waals surface area contributed by atoms with Crippen LogP contribution in [0.4, 0.5) is 8.78 Å². The number of hydrogen-bond acceptors (Lipinski definition) is 2. The molecule has 1 saturated heterocycles. The first kappa shape index (κ1) is 16.4. The second-order valence-corrected chi connectivity index (χ2v) is 6.46. The largest absolute Gasteiger partial charge is 0.339 e. The Labute approximate surface area is 128 Å². The third-order valence-electron chi connectivity index (χ3n) is 3.65. The average Bonchev–Trinajstić information content (AvgIpc) is 2.47. The summed E-state index contributed by atoms with van der Waals surface area (Å²) in [5, 5.41) is 0. The minimum absolute atomic E-state index is 0.0246. The second kappa shape index (κ2) is 6.02. The van der Waals surface area contributed by atoms with Crippen molar-refractivity contribution in [3.8, 4) is 0 Å². The van der Waals surface area contributed by atoms with Gasteiger partial charge in [-0.15, -0.1) is 0 Å². The van der Waals surface area contributed by atoms with E-state index >= 15 is 0 Å². The predicted molar refractivity (Wildman–Crippen MR) is 78.3 cm³/mol. The number of hydrogen-bond donors (Lipinski definition) is 0. The molecule has 0 unspecified atom stereocenters. The van der Waals surface area contributed by atoms with Gasteiger partial charge in [0.25, 0.3) is 5.91 Å². The van der Waals surface area contributed by atoms with E-state index < -0.39 is 23.0 Å². The van der Waals surface area contributed by atoms with E-state index in [0.717, 1.165) is 18.2 Å². The van der Waals surface area contributed by atoms with Gasteiger partial charge in [-0.1, -0.05) is 20.8 Å². The zero-order chi connectivity index (χ0) is 16.5. The van der Waals surface area contributed by atoms with Crippen molar-refractivity contribution < 1.29 is 18.4 Å². The Bertz CT molecular complexity index is 588. The Morgan fingerprint density at radius 3 is 2.09 bits per heavy atom. The molecule has 0 atom stereocenters. The molecule has 1 aliphatic heterocycles. The van der Waals surface area contributed by atoms with Crippen LogP contribution in [0.5, 0.6) is 0 Å². The normalized spacial score (nSPS) is 15.9. The molecule has 120 valence electrons. The Morgan fingerprint density at radius 1 is 1.00 bits per heavy atom. The molecule has 1 fully saturated rings. The van der Waals surface area contributed by atoms with Gasteiger partial charge in [0.2, 0.25) is 5.91 Å². The zero-order valence-electron chi connectivity index (χ0n) is 13.0. The Balaban J connectivity index is 2.04. The van der Waals surface area contributed by atoms with Crippen LogP contribution in [-0.2, 0) is 4.79 Å². The summed E-state index contributed by atoms with van der Waals surface area (Å²) in [5.41, 5.74) is -0.739. The topological polar surface area (TPSA) is 40.6 Å². The van der Waals surface area contributed by atoms with Gasteiger partial charge in [0, 0.05) is 31.6 Å². The number of carbonyl (C=O) groups is 2. The van der Waals surface area contributed by atoms with Gasteiger partial charge in [-0.3, -0.25) is 9.59 Å². The highest BCUT2D eigenvalue weighted by Gasteiger charge is 2.31. The van der Waals surface area contributed by atoms with Crippen molar-refractivity contribution in [2.75, 3.05) is 26.2 Å². The molecule has 0 aromatic heterocycles. The molecule has 22 heavy (non-hydrogen) atoms. The van der Waals surface area contributed by atoms with E-state index in [1.54, 1.807) is 4.90 Å². The lowest BCUT2D eigenvalue weighted by atomic mass is 9.94. The minimum Gasteiger partial charge on any atom is -0.339 e. The number of halogens is 2. The van der Waals surface area contributed by atoms with Gasteiger partial charge in [-0.05, 0) is 18.2 Å². The summed E-state index contributed by atoms with van der Waals surface area (Å²) >= 11 is 0. The molecule has 0 saturated carbocycles. The number of carbonyl (C=O) groups excluding carboxylic acids is 2. The van der Waals surface area contributed by atoms with Crippen LogP contribution in [0.3, 0.4) is 0 Å². The highest BCUT2D eigenvalue weighted by atomic mass is 19.1. The molecule has 1 aliphatic rings. The van der Waals surface area contributed by atoms with Gasteiger partial charge in [0.1, 0.15) is 11.6 Å². The lowest BCUT2D eigenvalue weighted by Crippen LogP contribution is -2.53. The van der Waals surface area contributed by atoms with Crippen LogP contribution < -0.4 is 0 Å². The van der Waals surface area contributed by atoms with Crippen molar-refractivity contribution in [2.24, 2.45) is 5.41 Å². The second-order valence-electron chi connectivity index (χ2n) is 6.46. The van der Waals surface area contributed by atoms with Gasteiger partial charge in [-0.2, -0.15) is 0 Å². The predicted octanol–water partition coefficient (Wildman–Crippen LogP) is 2.30. The number of amides is 2. The summed E-state index contributed by atoms with van der Waals surface area (Å²) in [6, 6.07) is 2.83. The van der Waals surface area contributed by atoms with E-state index in [0.29, 0.717) is 26.2 Å². The molecule has 0 bridgehead atoms. The lowest BCUT2D eigenvalue weighted by molar-refractivity contribution is -0.140. The Morgan fingerprint density at radius 2 is 1.55 bits per heavy atom. The molecule has 2 amide bonds. The van der Waals surface area contributed by atoms with Gasteiger partial charge in [0.05, 0.1) is 5.56 Å². The number of rotatable bonds is 1. The van der Waals surface area contributed by atoms with E-state index in [4.69, 9.17) is 0 Å². The van der Waals surface area contributed by atoms with Crippen LogP contribution in [0.15, 0.2) is 18.2 Å². The molecule has 1 aromatic carbocycles. The molecule has 0 aliphatic carbocycles. The number of nitrogens with zero attached hydrogens (tertiary/aromatic N) is 2. The van der Waals surface area contributed by atoms with Crippen LogP contribution in [0.2, 0.25) is 0 Å². The van der Waals surface area contributed by atoms with Gasteiger partial charge in [0.15, 0.2) is 0 Å². The quantitative estimate of drug-likeness (QED) is 0.798. The molecule has 0 radical (unpaired) electrons. The van der Waals surface area contributed by atoms with Crippen molar-refractivity contribution >= 4 is 11.8 Å². The fraction of sp³-hybridized carbons (Fsp3) is 0.500. The summed E-state index contributed by atoms with van der Waals surface area (Å²) in [5.74, 6) is -1.90. The van der Waals surface area contributed by atoms with Gasteiger partial charge >= 0.3 is 0 Å². The molecule has 2 rings (SSSR count). The highest BCUT2D eigenvalue weighted by molar-refractivity contribution is 5.94. The van der Waals surface area contributed by atoms with E-state index in [9.17, 15) is 18.4 Å². The SMILES string of the molecule is CC(C)(C)C(=O)N1CCN(C(=O)c2cc(F)ccc2F)CC1. The number of benzene rings is 1. The molecular formula is C16H20F2N2O2. The molecule has 0 N–H and O–H groups in total. The maximum absolute atomic E-state index is 13.7. The third kappa shape index (κ3) is 3.43. The molecule has 0 spiro atoms. The molecule has 6 heteroatoms. The molecule has 1 heterocycles. The summed E-state index contributed by atoms with van der Waals surface area (Å²) in [6.07, 6.45) is 0. The summed E-state index contributed by atoms with van der Waals surface area (Å²) in [7, 11) is 0. The van der Waals surface area contributed by atoms with Crippen LogP contribution in [0.25, 0.3) is 0 Å². The Kier molecular flexibility index (Phi) is 4.49. The smallest absolute Gasteiger partial charge is 0.257 e. The standard InChI is InChI=1S/C16H20F2N2O2/c1-16(2,3)15(22)20-8-6-19(7-9-20)14(21)12-10-11(17)4-5-13(12)18/h4-5,10H,6-9H2,1-3H3. The first-order valence-electron chi connectivity index (χ1n) is 7.24. The first-order chi connectivity index (χ1) is 10.2.